The van der Waals surface area contributed by atoms with E-state index in [0.717, 1.165) is 12.4 Å². The summed E-state index contributed by atoms with van der Waals surface area (Å²) in [5.74, 6) is -1.10. The Hall–Kier alpha value is -1.77. The van der Waals surface area contributed by atoms with Gasteiger partial charge in [0, 0.05) is 13.1 Å². The third-order valence-corrected chi connectivity index (χ3v) is 4.94. The average molecular weight is 345 g/mol. The lowest BCUT2D eigenvalue weighted by Gasteiger charge is -2.24. The molecular formula is C14H20FN3O4S. The number of likely N-dealkylation sites (tertiary alicyclic amines) is 1. The maximum Gasteiger partial charge on any atom is 0.410 e. The summed E-state index contributed by atoms with van der Waals surface area (Å²) < 4.78 is 42.5. The van der Waals surface area contributed by atoms with Gasteiger partial charge in [-0.05, 0) is 33.1 Å². The number of rotatable bonds is 3. The molecule has 1 aromatic heterocycles. The van der Waals surface area contributed by atoms with Crippen molar-refractivity contribution >= 4 is 15.9 Å². The fourth-order valence-corrected chi connectivity index (χ4v) is 3.78. The van der Waals surface area contributed by atoms with Crippen LogP contribution in [0, 0.1) is 11.7 Å². The highest BCUT2D eigenvalue weighted by Gasteiger charge is 2.33. The van der Waals surface area contributed by atoms with E-state index in [-0.39, 0.29) is 11.7 Å². The first kappa shape index (κ1) is 17.6. The van der Waals surface area contributed by atoms with E-state index in [1.807, 2.05) is 0 Å². The summed E-state index contributed by atoms with van der Waals surface area (Å²) in [5.41, 5.74) is -0.594. The molecule has 7 nitrogen and oxygen atoms in total. The van der Waals surface area contributed by atoms with E-state index in [4.69, 9.17) is 4.74 Å². The van der Waals surface area contributed by atoms with Gasteiger partial charge >= 0.3 is 6.09 Å². The lowest BCUT2D eigenvalue weighted by atomic mass is 10.2. The monoisotopic (exact) mass is 345 g/mol. The van der Waals surface area contributed by atoms with Crippen LogP contribution >= 0.6 is 0 Å². The molecule has 0 N–H and O–H groups in total. The zero-order valence-corrected chi connectivity index (χ0v) is 14.1. The van der Waals surface area contributed by atoms with Gasteiger partial charge in [0.25, 0.3) is 0 Å². The molecule has 0 spiro atoms. The highest BCUT2D eigenvalue weighted by Crippen LogP contribution is 2.22. The van der Waals surface area contributed by atoms with E-state index in [1.54, 1.807) is 20.8 Å². The van der Waals surface area contributed by atoms with Crippen LogP contribution < -0.4 is 0 Å². The minimum Gasteiger partial charge on any atom is -0.444 e. The number of hydrogen-bond acceptors (Lipinski definition) is 6. The fraction of sp³-hybridized carbons (Fsp3) is 0.643. The molecule has 2 rings (SSSR count). The van der Waals surface area contributed by atoms with Crippen molar-refractivity contribution in [3.8, 4) is 0 Å². The molecule has 0 aliphatic carbocycles. The Morgan fingerprint density at radius 2 is 2.00 bits per heavy atom. The Labute approximate surface area is 134 Å². The smallest absolute Gasteiger partial charge is 0.410 e. The quantitative estimate of drug-likeness (QED) is 0.774. The topological polar surface area (TPSA) is 89.5 Å². The van der Waals surface area contributed by atoms with Gasteiger partial charge in [0.05, 0.1) is 18.1 Å². The molecule has 23 heavy (non-hydrogen) atoms. The van der Waals surface area contributed by atoms with Crippen LogP contribution in [-0.2, 0) is 14.6 Å². The third-order valence-electron chi connectivity index (χ3n) is 3.27. The van der Waals surface area contributed by atoms with Crippen LogP contribution in [0.3, 0.4) is 0 Å². The van der Waals surface area contributed by atoms with Crippen molar-refractivity contribution in [3.63, 3.8) is 0 Å². The summed E-state index contributed by atoms with van der Waals surface area (Å²) in [5, 5.41) is -0.394. The fourth-order valence-electron chi connectivity index (χ4n) is 2.31. The van der Waals surface area contributed by atoms with Crippen LogP contribution in [0.4, 0.5) is 9.18 Å². The maximum atomic E-state index is 12.8. The molecular weight excluding hydrogens is 325 g/mol. The molecule has 1 fully saturated rings. The molecule has 0 radical (unpaired) electrons. The third kappa shape index (κ3) is 4.85. The second kappa shape index (κ2) is 6.38. The molecule has 1 aliphatic rings. The molecule has 1 saturated heterocycles. The highest BCUT2D eigenvalue weighted by molar-refractivity contribution is 7.91. The molecule has 1 atom stereocenters. The summed E-state index contributed by atoms with van der Waals surface area (Å²) in [7, 11) is -3.71. The van der Waals surface area contributed by atoms with E-state index in [2.05, 4.69) is 9.97 Å². The first-order valence-electron chi connectivity index (χ1n) is 7.25. The number of hydrogen-bond donors (Lipinski definition) is 0. The van der Waals surface area contributed by atoms with E-state index < -0.39 is 32.5 Å². The lowest BCUT2D eigenvalue weighted by Crippen LogP contribution is -2.35. The summed E-state index contributed by atoms with van der Waals surface area (Å²) in [6, 6.07) is 0. The van der Waals surface area contributed by atoms with Crippen LogP contribution in [0.15, 0.2) is 17.6 Å². The number of nitrogens with zero attached hydrogens (tertiary/aromatic N) is 3. The van der Waals surface area contributed by atoms with E-state index in [0.29, 0.717) is 19.5 Å². The van der Waals surface area contributed by atoms with Crippen molar-refractivity contribution in [2.45, 2.75) is 37.9 Å². The summed E-state index contributed by atoms with van der Waals surface area (Å²) >= 11 is 0. The predicted molar refractivity (Wildman–Crippen MR) is 80.0 cm³/mol. The molecule has 128 valence electrons. The Bertz CT molecular complexity index is 670. The molecule has 0 bridgehead atoms. The molecule has 9 heteroatoms. The molecule has 1 aliphatic heterocycles. The molecule has 1 aromatic rings. The number of halogens is 1. The van der Waals surface area contributed by atoms with Crippen molar-refractivity contribution in [3.05, 3.63) is 18.2 Å². The zero-order valence-electron chi connectivity index (χ0n) is 13.3. The number of amides is 1. The molecule has 0 saturated carbocycles. The van der Waals surface area contributed by atoms with Crippen molar-refractivity contribution in [2.75, 3.05) is 18.8 Å². The second-order valence-corrected chi connectivity index (χ2v) is 8.47. The highest BCUT2D eigenvalue weighted by atomic mass is 32.2. The van der Waals surface area contributed by atoms with Crippen molar-refractivity contribution in [2.24, 2.45) is 5.92 Å². The van der Waals surface area contributed by atoms with Gasteiger partial charge in [-0.25, -0.2) is 27.6 Å². The van der Waals surface area contributed by atoms with Gasteiger partial charge in [-0.15, -0.1) is 0 Å². The van der Waals surface area contributed by atoms with Gasteiger partial charge in [0.15, 0.2) is 5.82 Å². The number of aromatic nitrogens is 2. The molecule has 0 unspecified atom stereocenters. The minimum absolute atomic E-state index is 0.183. The summed E-state index contributed by atoms with van der Waals surface area (Å²) in [6.45, 7) is 6.06. The van der Waals surface area contributed by atoms with E-state index in [1.165, 1.54) is 4.90 Å². The Kier molecular flexibility index (Phi) is 4.88. The van der Waals surface area contributed by atoms with Crippen LogP contribution in [-0.4, -0.2) is 53.8 Å². The lowest BCUT2D eigenvalue weighted by molar-refractivity contribution is 0.0289. The standard InChI is InChI=1S/C14H20FN3O4S/c1-14(2,3)22-13(19)18-5-4-10(8-18)9-23(20,21)12-16-6-11(15)7-17-12/h6-7,10H,4-5,8-9H2,1-3H3/t10-/m0/s1. The normalized spacial score (nSPS) is 19.0. The number of carbonyl (C=O) groups excluding carboxylic acids is 1. The summed E-state index contributed by atoms with van der Waals surface area (Å²) in [4.78, 5) is 20.5. The first-order chi connectivity index (χ1) is 10.6. The van der Waals surface area contributed by atoms with Gasteiger partial charge < -0.3 is 9.64 Å². The minimum atomic E-state index is -3.71. The largest absolute Gasteiger partial charge is 0.444 e. The number of ether oxygens (including phenoxy) is 1. The van der Waals surface area contributed by atoms with E-state index >= 15 is 0 Å². The van der Waals surface area contributed by atoms with Gasteiger partial charge in [-0.2, -0.15) is 0 Å². The molecule has 0 aromatic carbocycles. The SMILES string of the molecule is CC(C)(C)OC(=O)N1CC[C@H](CS(=O)(=O)c2ncc(F)cn2)C1. The predicted octanol–water partition coefficient (Wildman–Crippen LogP) is 1.65. The Morgan fingerprint density at radius 1 is 1.39 bits per heavy atom. The van der Waals surface area contributed by atoms with Gasteiger partial charge in [0.2, 0.25) is 15.0 Å². The Balaban J connectivity index is 1.97. The average Bonchev–Trinajstić information content (AvgIpc) is 2.85. The van der Waals surface area contributed by atoms with Crippen molar-refractivity contribution in [1.82, 2.24) is 14.9 Å². The maximum absolute atomic E-state index is 12.8. The first-order valence-corrected chi connectivity index (χ1v) is 8.90. The van der Waals surface area contributed by atoms with Gasteiger partial charge in [-0.3, -0.25) is 0 Å². The van der Waals surface area contributed by atoms with Crippen LogP contribution in [0.25, 0.3) is 0 Å². The zero-order chi connectivity index (χ0) is 17.3. The van der Waals surface area contributed by atoms with Crippen LogP contribution in [0.1, 0.15) is 27.2 Å². The molecule has 2 heterocycles. The summed E-state index contributed by atoms with van der Waals surface area (Å²) in [6.07, 6.45) is 1.75. The van der Waals surface area contributed by atoms with Crippen molar-refractivity contribution in [1.29, 1.82) is 0 Å². The van der Waals surface area contributed by atoms with Crippen molar-refractivity contribution < 1.29 is 22.3 Å². The number of carbonyl (C=O) groups is 1. The van der Waals surface area contributed by atoms with Crippen LogP contribution in [0.5, 0.6) is 0 Å². The molecule has 1 amide bonds. The van der Waals surface area contributed by atoms with E-state index in [9.17, 15) is 17.6 Å². The Morgan fingerprint density at radius 3 is 2.57 bits per heavy atom. The van der Waals surface area contributed by atoms with Gasteiger partial charge in [-0.1, -0.05) is 0 Å². The second-order valence-electron chi connectivity index (χ2n) is 6.55. The number of sulfone groups is 1. The van der Waals surface area contributed by atoms with Gasteiger partial charge in [0.1, 0.15) is 5.60 Å². The van der Waals surface area contributed by atoms with Crippen LogP contribution in [0.2, 0.25) is 0 Å².